The fraction of sp³-hybridized carbons (Fsp3) is 0.562. The Morgan fingerprint density at radius 1 is 1.19 bits per heavy atom. The van der Waals surface area contributed by atoms with E-state index in [-0.39, 0.29) is 30.1 Å². The number of unbranched alkanes of at least 4 members (excludes halogenated alkanes) is 1. The first-order valence-electron chi connectivity index (χ1n) is 7.41. The lowest BCUT2D eigenvalue weighted by Gasteiger charge is -2.15. The number of aliphatic imine (C=N–C) groups is 1. The van der Waals surface area contributed by atoms with Crippen molar-refractivity contribution in [2.24, 2.45) is 4.99 Å². The Balaban J connectivity index is 0.00000400. The lowest BCUT2D eigenvalue weighted by molar-refractivity contribution is 0.111. The van der Waals surface area contributed by atoms with Crippen LogP contribution in [0.3, 0.4) is 0 Å². The van der Waals surface area contributed by atoms with E-state index in [1.807, 2.05) is 18.2 Å². The number of hydrogen-bond donors (Lipinski definition) is 2. The number of rotatable bonds is 8. The highest BCUT2D eigenvalue weighted by Gasteiger charge is 2.09. The third-order valence-corrected chi connectivity index (χ3v) is 3.04. The van der Waals surface area contributed by atoms with Gasteiger partial charge < -0.3 is 15.4 Å². The molecule has 120 valence electrons. The third-order valence-electron chi connectivity index (χ3n) is 3.04. The van der Waals surface area contributed by atoms with E-state index in [9.17, 15) is 0 Å². The van der Waals surface area contributed by atoms with Crippen LogP contribution in [0.15, 0.2) is 35.3 Å². The number of guanidine groups is 1. The topological polar surface area (TPSA) is 45.7 Å². The van der Waals surface area contributed by atoms with Crippen LogP contribution in [0.4, 0.5) is 0 Å². The van der Waals surface area contributed by atoms with Crippen molar-refractivity contribution in [1.29, 1.82) is 0 Å². The molecule has 1 aromatic rings. The number of benzene rings is 1. The lowest BCUT2D eigenvalue weighted by atomic mass is 10.1. The molecule has 0 bridgehead atoms. The van der Waals surface area contributed by atoms with Gasteiger partial charge in [0.15, 0.2) is 5.96 Å². The molecule has 5 heteroatoms. The fourth-order valence-corrected chi connectivity index (χ4v) is 1.88. The highest BCUT2D eigenvalue weighted by molar-refractivity contribution is 14.0. The number of halogens is 1. The van der Waals surface area contributed by atoms with Gasteiger partial charge in [0.05, 0.1) is 6.54 Å². The molecule has 0 aliphatic rings. The van der Waals surface area contributed by atoms with Crippen LogP contribution in [0.5, 0.6) is 0 Å². The summed E-state index contributed by atoms with van der Waals surface area (Å²) in [7, 11) is 1.73. The number of ether oxygens (including phenoxy) is 1. The van der Waals surface area contributed by atoms with Crippen molar-refractivity contribution in [3.8, 4) is 0 Å². The van der Waals surface area contributed by atoms with Gasteiger partial charge in [-0.1, -0.05) is 43.7 Å². The predicted molar refractivity (Wildman–Crippen MR) is 100 cm³/mol. The zero-order chi connectivity index (χ0) is 14.6. The smallest absolute Gasteiger partial charge is 0.191 e. The van der Waals surface area contributed by atoms with E-state index < -0.39 is 0 Å². The van der Waals surface area contributed by atoms with Gasteiger partial charge in [0.2, 0.25) is 0 Å². The molecule has 1 unspecified atom stereocenters. The van der Waals surface area contributed by atoms with Gasteiger partial charge in [0.25, 0.3) is 0 Å². The first kappa shape index (κ1) is 20.2. The van der Waals surface area contributed by atoms with Gasteiger partial charge >= 0.3 is 0 Å². The average Bonchev–Trinajstić information content (AvgIpc) is 2.49. The molecular formula is C16H28IN3O. The molecule has 1 atom stereocenters. The molecule has 2 N–H and O–H groups in total. The zero-order valence-corrected chi connectivity index (χ0v) is 15.6. The zero-order valence-electron chi connectivity index (χ0n) is 13.3. The lowest BCUT2D eigenvalue weighted by Crippen LogP contribution is -2.38. The minimum absolute atomic E-state index is 0. The van der Waals surface area contributed by atoms with Crippen LogP contribution in [-0.2, 0) is 4.74 Å². The van der Waals surface area contributed by atoms with Crippen LogP contribution in [0, 0.1) is 0 Å². The maximum Gasteiger partial charge on any atom is 0.191 e. The normalized spacial score (nSPS) is 12.4. The molecule has 0 aliphatic carbocycles. The van der Waals surface area contributed by atoms with Gasteiger partial charge in [0.1, 0.15) is 6.10 Å². The number of nitrogens with one attached hydrogen (secondary N) is 2. The summed E-state index contributed by atoms with van der Waals surface area (Å²) in [5, 5.41) is 6.59. The molecule has 1 aromatic carbocycles. The largest absolute Gasteiger partial charge is 0.375 e. The van der Waals surface area contributed by atoms with E-state index in [4.69, 9.17) is 4.74 Å². The highest BCUT2D eigenvalue weighted by atomic mass is 127. The molecule has 0 spiro atoms. The monoisotopic (exact) mass is 405 g/mol. The molecule has 21 heavy (non-hydrogen) atoms. The first-order chi connectivity index (χ1) is 9.81. The Kier molecular flexibility index (Phi) is 12.4. The van der Waals surface area contributed by atoms with E-state index in [0.29, 0.717) is 6.54 Å². The summed E-state index contributed by atoms with van der Waals surface area (Å²) in [6.45, 7) is 6.68. The summed E-state index contributed by atoms with van der Waals surface area (Å²) >= 11 is 0. The Labute approximate surface area is 145 Å². The highest BCUT2D eigenvalue weighted by Crippen LogP contribution is 2.16. The van der Waals surface area contributed by atoms with Gasteiger partial charge in [-0.2, -0.15) is 0 Å². The first-order valence-corrected chi connectivity index (χ1v) is 7.41. The number of nitrogens with zero attached hydrogens (tertiary/aromatic N) is 1. The molecular weight excluding hydrogens is 377 g/mol. The summed E-state index contributed by atoms with van der Waals surface area (Å²) in [5.41, 5.74) is 1.16. The third kappa shape index (κ3) is 8.26. The Hall–Kier alpha value is -0.820. The summed E-state index contributed by atoms with van der Waals surface area (Å²) < 4.78 is 5.53. The van der Waals surface area contributed by atoms with Gasteiger partial charge in [-0.15, -0.1) is 24.0 Å². The molecule has 0 aromatic heterocycles. The minimum atomic E-state index is -0.00201. The van der Waals surface area contributed by atoms with E-state index in [2.05, 4.69) is 41.6 Å². The predicted octanol–water partition coefficient (Wildman–Crippen LogP) is 3.35. The molecule has 0 fully saturated rings. The summed E-state index contributed by atoms with van der Waals surface area (Å²) in [6, 6.07) is 10.2. The van der Waals surface area contributed by atoms with Crippen LogP contribution in [0.25, 0.3) is 0 Å². The van der Waals surface area contributed by atoms with Crippen molar-refractivity contribution in [2.75, 3.05) is 26.7 Å². The minimum Gasteiger partial charge on any atom is -0.375 e. The Morgan fingerprint density at radius 3 is 2.48 bits per heavy atom. The van der Waals surface area contributed by atoms with Gasteiger partial charge in [0, 0.05) is 20.2 Å². The molecule has 0 amide bonds. The van der Waals surface area contributed by atoms with E-state index in [1.54, 1.807) is 7.11 Å². The molecule has 0 saturated carbocycles. The van der Waals surface area contributed by atoms with Gasteiger partial charge in [-0.3, -0.25) is 4.99 Å². The van der Waals surface area contributed by atoms with Crippen molar-refractivity contribution >= 4 is 29.9 Å². The maximum absolute atomic E-state index is 5.53. The van der Waals surface area contributed by atoms with Crippen LogP contribution < -0.4 is 10.6 Å². The Morgan fingerprint density at radius 2 is 1.90 bits per heavy atom. The molecule has 4 nitrogen and oxygen atoms in total. The molecule has 0 radical (unpaired) electrons. The van der Waals surface area contributed by atoms with Crippen LogP contribution >= 0.6 is 24.0 Å². The maximum atomic E-state index is 5.53. The SMILES string of the molecule is CCCCNC(=NCC(OC)c1ccccc1)NCC.I. The van der Waals surface area contributed by atoms with Crippen LogP contribution in [0.1, 0.15) is 38.4 Å². The summed E-state index contributed by atoms with van der Waals surface area (Å²) in [4.78, 5) is 4.60. The van der Waals surface area contributed by atoms with Gasteiger partial charge in [-0.05, 0) is 18.9 Å². The molecule has 0 aliphatic heterocycles. The molecule has 0 heterocycles. The Bertz CT molecular complexity index is 384. The van der Waals surface area contributed by atoms with Gasteiger partial charge in [-0.25, -0.2) is 0 Å². The van der Waals surface area contributed by atoms with Crippen molar-refractivity contribution in [3.05, 3.63) is 35.9 Å². The second-order valence-electron chi connectivity index (χ2n) is 4.63. The fourth-order valence-electron chi connectivity index (χ4n) is 1.88. The van der Waals surface area contributed by atoms with Crippen molar-refractivity contribution in [2.45, 2.75) is 32.8 Å². The second-order valence-corrected chi connectivity index (χ2v) is 4.63. The van der Waals surface area contributed by atoms with Crippen LogP contribution in [0.2, 0.25) is 0 Å². The van der Waals surface area contributed by atoms with E-state index in [0.717, 1.165) is 31.0 Å². The van der Waals surface area contributed by atoms with E-state index >= 15 is 0 Å². The summed E-state index contributed by atoms with van der Waals surface area (Å²) in [5.74, 6) is 0.860. The van der Waals surface area contributed by atoms with E-state index in [1.165, 1.54) is 6.42 Å². The van der Waals surface area contributed by atoms with Crippen molar-refractivity contribution in [3.63, 3.8) is 0 Å². The molecule has 1 rings (SSSR count). The van der Waals surface area contributed by atoms with Crippen molar-refractivity contribution in [1.82, 2.24) is 10.6 Å². The summed E-state index contributed by atoms with van der Waals surface area (Å²) in [6.07, 6.45) is 2.33. The average molecular weight is 405 g/mol. The van der Waals surface area contributed by atoms with Crippen molar-refractivity contribution < 1.29 is 4.74 Å². The second kappa shape index (κ2) is 12.9. The standard InChI is InChI=1S/C16H27N3O.HI/c1-4-6-12-18-16(17-5-2)19-13-15(20-3)14-10-8-7-9-11-14;/h7-11,15H,4-6,12-13H2,1-3H3,(H2,17,18,19);1H. The molecule has 0 saturated heterocycles. The van der Waals surface area contributed by atoms with Crippen LogP contribution in [-0.4, -0.2) is 32.7 Å². The number of methoxy groups -OCH3 is 1. The number of hydrogen-bond acceptors (Lipinski definition) is 2. The quantitative estimate of drug-likeness (QED) is 0.302.